The Balaban J connectivity index is 1.94. The highest BCUT2D eigenvalue weighted by molar-refractivity contribution is 5.55. The van der Waals surface area contributed by atoms with Gasteiger partial charge in [-0.3, -0.25) is 0 Å². The number of rotatable bonds is 3. The Labute approximate surface area is 115 Å². The number of anilines is 1. The second-order valence-electron chi connectivity index (χ2n) is 5.86. The molecule has 0 amide bonds. The zero-order valence-corrected chi connectivity index (χ0v) is 11.7. The summed E-state index contributed by atoms with van der Waals surface area (Å²) in [5, 5.41) is 3.10. The second-order valence-corrected chi connectivity index (χ2v) is 5.86. The van der Waals surface area contributed by atoms with Crippen molar-refractivity contribution in [3.8, 4) is 0 Å². The minimum absolute atomic E-state index is 0.0769. The topological polar surface area (TPSA) is 15.3 Å². The number of nitrogens with one attached hydrogen (secondary N) is 1. The first kappa shape index (κ1) is 12.9. The molecule has 1 aliphatic carbocycles. The number of benzene rings is 1. The number of hydrogen-bond donors (Lipinski definition) is 1. The summed E-state index contributed by atoms with van der Waals surface area (Å²) < 4.78 is 14.1. The van der Waals surface area contributed by atoms with Gasteiger partial charge in [0, 0.05) is 30.4 Å². The molecule has 0 spiro atoms. The van der Waals surface area contributed by atoms with E-state index < -0.39 is 0 Å². The molecule has 1 aromatic carbocycles. The van der Waals surface area contributed by atoms with Crippen LogP contribution in [0.1, 0.15) is 37.7 Å². The highest BCUT2D eigenvalue weighted by Crippen LogP contribution is 2.40. The number of fused-ring (bicyclic) bond motifs is 1. The molecule has 2 unspecified atom stereocenters. The summed E-state index contributed by atoms with van der Waals surface area (Å²) in [5.41, 5.74) is 1.95. The van der Waals surface area contributed by atoms with Crippen molar-refractivity contribution >= 4 is 5.69 Å². The van der Waals surface area contributed by atoms with E-state index in [1.54, 1.807) is 6.07 Å². The fourth-order valence-corrected chi connectivity index (χ4v) is 3.92. The van der Waals surface area contributed by atoms with Crippen molar-refractivity contribution in [1.82, 2.24) is 5.32 Å². The maximum atomic E-state index is 14.1. The van der Waals surface area contributed by atoms with Crippen LogP contribution in [0.4, 0.5) is 10.1 Å². The quantitative estimate of drug-likeness (QED) is 0.899. The highest BCUT2D eigenvalue weighted by atomic mass is 19.1. The van der Waals surface area contributed by atoms with Gasteiger partial charge in [0.25, 0.3) is 0 Å². The van der Waals surface area contributed by atoms with Crippen LogP contribution in [-0.2, 0) is 6.54 Å². The Morgan fingerprint density at radius 2 is 2.11 bits per heavy atom. The van der Waals surface area contributed by atoms with Crippen LogP contribution >= 0.6 is 0 Å². The van der Waals surface area contributed by atoms with E-state index >= 15 is 0 Å². The molecule has 3 heteroatoms. The van der Waals surface area contributed by atoms with Crippen LogP contribution in [0.5, 0.6) is 0 Å². The largest absolute Gasteiger partial charge is 0.368 e. The van der Waals surface area contributed by atoms with Crippen LogP contribution in [0, 0.1) is 11.7 Å². The Morgan fingerprint density at radius 3 is 2.95 bits per heavy atom. The fourth-order valence-electron chi connectivity index (χ4n) is 3.92. The Bertz CT molecular complexity index is 446. The van der Waals surface area contributed by atoms with Crippen molar-refractivity contribution in [3.05, 3.63) is 29.6 Å². The Morgan fingerprint density at radius 1 is 1.26 bits per heavy atom. The maximum absolute atomic E-state index is 14.1. The fraction of sp³-hybridized carbons (Fsp3) is 0.625. The molecular formula is C16H23FN2. The summed E-state index contributed by atoms with van der Waals surface area (Å²) in [5.74, 6) is 0.756. The van der Waals surface area contributed by atoms with Gasteiger partial charge in [0.15, 0.2) is 0 Å². The standard InChI is InChI=1S/C16H23FN2/c1-18-11-13-14(17)7-3-9-16(13)19-10-4-6-12-5-2-8-15(12)19/h3,7,9,12,15,18H,2,4-6,8,10-11H2,1H3. The molecule has 2 atom stereocenters. The lowest BCUT2D eigenvalue weighted by molar-refractivity contribution is 0.361. The summed E-state index contributed by atoms with van der Waals surface area (Å²) in [6.45, 7) is 1.69. The summed E-state index contributed by atoms with van der Waals surface area (Å²) >= 11 is 0. The molecule has 0 bridgehead atoms. The molecule has 2 aliphatic rings. The molecule has 1 saturated heterocycles. The SMILES string of the molecule is CNCc1c(F)cccc1N1CCCC2CCCC21. The molecule has 1 aromatic rings. The van der Waals surface area contributed by atoms with Gasteiger partial charge in [0.1, 0.15) is 5.82 Å². The van der Waals surface area contributed by atoms with Crippen molar-refractivity contribution in [3.63, 3.8) is 0 Å². The van der Waals surface area contributed by atoms with Gasteiger partial charge >= 0.3 is 0 Å². The van der Waals surface area contributed by atoms with E-state index in [-0.39, 0.29) is 5.82 Å². The lowest BCUT2D eigenvalue weighted by atomic mass is 9.91. The van der Waals surface area contributed by atoms with E-state index in [9.17, 15) is 4.39 Å². The normalized spacial score (nSPS) is 26.5. The predicted octanol–water partition coefficient (Wildman–Crippen LogP) is 3.31. The zero-order chi connectivity index (χ0) is 13.2. The molecular weight excluding hydrogens is 239 g/mol. The van der Waals surface area contributed by atoms with Crippen molar-refractivity contribution < 1.29 is 4.39 Å². The van der Waals surface area contributed by atoms with E-state index in [0.29, 0.717) is 12.6 Å². The lowest BCUT2D eigenvalue weighted by Gasteiger charge is -2.40. The van der Waals surface area contributed by atoms with Crippen molar-refractivity contribution in [2.24, 2.45) is 5.92 Å². The number of nitrogens with zero attached hydrogens (tertiary/aromatic N) is 1. The zero-order valence-electron chi connectivity index (χ0n) is 11.7. The molecule has 3 rings (SSSR count). The van der Waals surface area contributed by atoms with Crippen LogP contribution in [0.3, 0.4) is 0 Å². The molecule has 0 radical (unpaired) electrons. The molecule has 0 aromatic heterocycles. The van der Waals surface area contributed by atoms with E-state index in [0.717, 1.165) is 23.7 Å². The van der Waals surface area contributed by atoms with Crippen LogP contribution in [0.25, 0.3) is 0 Å². The van der Waals surface area contributed by atoms with Crippen LogP contribution in [0.2, 0.25) is 0 Å². The molecule has 1 heterocycles. The Hall–Kier alpha value is -1.09. The van der Waals surface area contributed by atoms with Gasteiger partial charge in [-0.25, -0.2) is 4.39 Å². The molecule has 1 aliphatic heterocycles. The summed E-state index contributed by atoms with van der Waals surface area (Å²) in [4.78, 5) is 2.48. The van der Waals surface area contributed by atoms with Crippen LogP contribution in [0.15, 0.2) is 18.2 Å². The molecule has 104 valence electrons. The Kier molecular flexibility index (Phi) is 3.74. The van der Waals surface area contributed by atoms with Gasteiger partial charge in [0.05, 0.1) is 0 Å². The highest BCUT2D eigenvalue weighted by Gasteiger charge is 2.35. The monoisotopic (exact) mass is 262 g/mol. The first-order chi connectivity index (χ1) is 9.31. The summed E-state index contributed by atoms with van der Waals surface area (Å²) in [6, 6.07) is 6.16. The minimum atomic E-state index is -0.0769. The molecule has 19 heavy (non-hydrogen) atoms. The lowest BCUT2D eigenvalue weighted by Crippen LogP contribution is -2.43. The second kappa shape index (κ2) is 5.49. The van der Waals surface area contributed by atoms with Crippen LogP contribution in [-0.4, -0.2) is 19.6 Å². The third kappa shape index (κ3) is 2.36. The first-order valence-corrected chi connectivity index (χ1v) is 7.50. The van der Waals surface area contributed by atoms with Crippen molar-refractivity contribution in [2.75, 3.05) is 18.5 Å². The summed E-state index contributed by atoms with van der Waals surface area (Å²) in [6.07, 6.45) is 6.58. The van der Waals surface area contributed by atoms with E-state index in [2.05, 4.69) is 16.3 Å². The number of halogens is 1. The van der Waals surface area contributed by atoms with E-state index in [1.807, 2.05) is 13.1 Å². The summed E-state index contributed by atoms with van der Waals surface area (Å²) in [7, 11) is 1.88. The van der Waals surface area contributed by atoms with Crippen molar-refractivity contribution in [2.45, 2.75) is 44.7 Å². The van der Waals surface area contributed by atoms with Crippen molar-refractivity contribution in [1.29, 1.82) is 0 Å². The average Bonchev–Trinajstić information content (AvgIpc) is 2.89. The van der Waals surface area contributed by atoms with Crippen LogP contribution < -0.4 is 10.2 Å². The predicted molar refractivity (Wildman–Crippen MR) is 76.9 cm³/mol. The molecule has 2 nitrogen and oxygen atoms in total. The third-order valence-corrected chi connectivity index (χ3v) is 4.75. The van der Waals surface area contributed by atoms with Gasteiger partial charge in [0.2, 0.25) is 0 Å². The molecule has 1 N–H and O–H groups in total. The molecule has 2 fully saturated rings. The van der Waals surface area contributed by atoms with Gasteiger partial charge in [-0.1, -0.05) is 12.5 Å². The smallest absolute Gasteiger partial charge is 0.129 e. The maximum Gasteiger partial charge on any atom is 0.129 e. The number of hydrogen-bond acceptors (Lipinski definition) is 2. The van der Waals surface area contributed by atoms with Gasteiger partial charge in [-0.2, -0.15) is 0 Å². The number of piperidine rings is 1. The van der Waals surface area contributed by atoms with Gasteiger partial charge < -0.3 is 10.2 Å². The van der Waals surface area contributed by atoms with E-state index in [4.69, 9.17) is 0 Å². The third-order valence-electron chi connectivity index (χ3n) is 4.75. The van der Waals surface area contributed by atoms with Gasteiger partial charge in [-0.15, -0.1) is 0 Å². The first-order valence-electron chi connectivity index (χ1n) is 7.50. The molecule has 1 saturated carbocycles. The van der Waals surface area contributed by atoms with Gasteiger partial charge in [-0.05, 0) is 50.8 Å². The minimum Gasteiger partial charge on any atom is -0.368 e. The average molecular weight is 262 g/mol. The van der Waals surface area contributed by atoms with E-state index in [1.165, 1.54) is 32.1 Å².